The second kappa shape index (κ2) is 7.54. The zero-order chi connectivity index (χ0) is 21.4. The largest absolute Gasteiger partial charge is 0.373 e. The molecule has 0 aliphatic rings. The molecule has 31 heavy (non-hydrogen) atoms. The highest BCUT2D eigenvalue weighted by molar-refractivity contribution is 7.15. The summed E-state index contributed by atoms with van der Waals surface area (Å²) >= 11 is 1.17. The molecule has 5 aromatic rings. The topological polar surface area (TPSA) is 67.5 Å². The summed E-state index contributed by atoms with van der Waals surface area (Å²) in [6.07, 6.45) is 1.67. The molecule has 0 aliphatic carbocycles. The highest BCUT2D eigenvalue weighted by atomic mass is 32.1. The van der Waals surface area contributed by atoms with Crippen molar-refractivity contribution >= 4 is 22.4 Å². The van der Waals surface area contributed by atoms with Crippen LogP contribution in [-0.2, 0) is 5.60 Å². The predicted octanol–water partition coefficient (Wildman–Crippen LogP) is 3.12. The Balaban J connectivity index is 1.67. The van der Waals surface area contributed by atoms with Crippen LogP contribution >= 0.6 is 11.3 Å². The monoisotopic (exact) mass is 429 g/mol. The van der Waals surface area contributed by atoms with Gasteiger partial charge < -0.3 is 5.11 Å². The Labute approximate surface area is 180 Å². The van der Waals surface area contributed by atoms with Crippen molar-refractivity contribution in [1.82, 2.24) is 14.6 Å². The minimum Gasteiger partial charge on any atom is -0.373 e. The highest BCUT2D eigenvalue weighted by Gasteiger charge is 2.38. The third-order valence-corrected chi connectivity index (χ3v) is 6.02. The Kier molecular flexibility index (Phi) is 4.69. The Morgan fingerprint density at radius 2 is 1.48 bits per heavy atom. The van der Waals surface area contributed by atoms with Crippen molar-refractivity contribution in [1.29, 1.82) is 0 Å². The Morgan fingerprint density at radius 3 is 2.03 bits per heavy atom. The maximum atomic E-state index is 13.1. The standard InChI is InChI=1S/C24H16FN3O2S/c25-19-13-11-16(12-14-19)15-20-21(29)28-23(31-20)26-22(27-28)24(30,17-7-3-1-4-8-17)18-9-5-2-6-10-18/h1-15,30H/b20-15+. The van der Waals surface area contributed by atoms with E-state index >= 15 is 0 Å². The van der Waals surface area contributed by atoms with Gasteiger partial charge in [0.2, 0.25) is 4.96 Å². The molecule has 152 valence electrons. The van der Waals surface area contributed by atoms with E-state index in [-0.39, 0.29) is 17.2 Å². The third kappa shape index (κ3) is 3.34. The van der Waals surface area contributed by atoms with E-state index in [4.69, 9.17) is 0 Å². The first-order chi connectivity index (χ1) is 15.1. The van der Waals surface area contributed by atoms with Gasteiger partial charge in [-0.25, -0.2) is 4.39 Å². The fourth-order valence-electron chi connectivity index (χ4n) is 3.48. The van der Waals surface area contributed by atoms with Crippen LogP contribution in [0.2, 0.25) is 0 Å². The molecule has 2 heterocycles. The number of nitrogens with zero attached hydrogens (tertiary/aromatic N) is 3. The molecule has 1 N–H and O–H groups in total. The number of aromatic nitrogens is 3. The maximum Gasteiger partial charge on any atom is 0.291 e. The molecule has 0 fully saturated rings. The number of benzene rings is 3. The number of rotatable bonds is 4. The van der Waals surface area contributed by atoms with Crippen LogP contribution < -0.4 is 10.1 Å². The molecule has 3 aromatic carbocycles. The summed E-state index contributed by atoms with van der Waals surface area (Å²) in [4.78, 5) is 17.8. The number of halogens is 1. The molecule has 0 atom stereocenters. The van der Waals surface area contributed by atoms with E-state index in [2.05, 4.69) is 10.1 Å². The quantitative estimate of drug-likeness (QED) is 0.477. The first-order valence-corrected chi connectivity index (χ1v) is 10.4. The van der Waals surface area contributed by atoms with E-state index in [0.717, 1.165) is 0 Å². The van der Waals surface area contributed by atoms with Crippen molar-refractivity contribution in [3.63, 3.8) is 0 Å². The Hall–Kier alpha value is -3.68. The lowest BCUT2D eigenvalue weighted by Crippen LogP contribution is -2.31. The van der Waals surface area contributed by atoms with Crippen molar-refractivity contribution < 1.29 is 9.50 Å². The first kappa shape index (κ1) is 19.3. The molecule has 0 radical (unpaired) electrons. The van der Waals surface area contributed by atoms with Gasteiger partial charge in [0.1, 0.15) is 5.82 Å². The van der Waals surface area contributed by atoms with Gasteiger partial charge in [-0.1, -0.05) is 84.1 Å². The van der Waals surface area contributed by atoms with Crippen LogP contribution in [0.1, 0.15) is 22.5 Å². The summed E-state index contributed by atoms with van der Waals surface area (Å²) in [7, 11) is 0. The minimum atomic E-state index is -1.61. The van der Waals surface area contributed by atoms with Gasteiger partial charge in [0.25, 0.3) is 5.56 Å². The molecule has 0 saturated carbocycles. The SMILES string of the molecule is O=c1/c(=C\c2ccc(F)cc2)sc2nc(C(O)(c3ccccc3)c3ccccc3)nn12. The van der Waals surface area contributed by atoms with Gasteiger partial charge in [0, 0.05) is 0 Å². The average Bonchev–Trinajstić information content (AvgIpc) is 3.36. The summed E-state index contributed by atoms with van der Waals surface area (Å²) in [5.41, 5.74) is -0.0449. The fraction of sp³-hybridized carbons (Fsp3) is 0.0417. The Bertz CT molecular complexity index is 1420. The van der Waals surface area contributed by atoms with Crippen molar-refractivity contribution in [2.75, 3.05) is 0 Å². The smallest absolute Gasteiger partial charge is 0.291 e. The van der Waals surface area contributed by atoms with Gasteiger partial charge in [0.05, 0.1) is 4.53 Å². The molecular weight excluding hydrogens is 413 g/mol. The predicted molar refractivity (Wildman–Crippen MR) is 117 cm³/mol. The van der Waals surface area contributed by atoms with Gasteiger partial charge in [-0.2, -0.15) is 9.50 Å². The van der Waals surface area contributed by atoms with Crippen LogP contribution in [-0.4, -0.2) is 19.7 Å². The number of fused-ring (bicyclic) bond motifs is 1. The van der Waals surface area contributed by atoms with Crippen molar-refractivity contribution in [2.24, 2.45) is 0 Å². The van der Waals surface area contributed by atoms with E-state index in [1.807, 2.05) is 36.4 Å². The summed E-state index contributed by atoms with van der Waals surface area (Å²) in [6.45, 7) is 0. The fourth-order valence-corrected chi connectivity index (χ4v) is 4.39. The minimum absolute atomic E-state index is 0.126. The molecule has 0 amide bonds. The van der Waals surface area contributed by atoms with Gasteiger partial charge in [0.15, 0.2) is 11.4 Å². The van der Waals surface area contributed by atoms with E-state index < -0.39 is 5.60 Å². The second-order valence-electron chi connectivity index (χ2n) is 7.04. The summed E-state index contributed by atoms with van der Waals surface area (Å²) in [5, 5.41) is 16.2. The number of hydrogen-bond donors (Lipinski definition) is 1. The van der Waals surface area contributed by atoms with Gasteiger partial charge >= 0.3 is 0 Å². The summed E-state index contributed by atoms with van der Waals surface area (Å²) < 4.78 is 14.8. The highest BCUT2D eigenvalue weighted by Crippen LogP contribution is 2.34. The average molecular weight is 429 g/mol. The van der Waals surface area contributed by atoms with Gasteiger partial charge in [-0.3, -0.25) is 4.79 Å². The summed E-state index contributed by atoms with van der Waals surface area (Å²) in [6, 6.07) is 24.1. The molecule has 0 spiro atoms. The van der Waals surface area contributed by atoms with E-state index in [1.165, 1.54) is 28.0 Å². The number of aliphatic hydroxyl groups is 1. The lowest BCUT2D eigenvalue weighted by Gasteiger charge is -2.26. The second-order valence-corrected chi connectivity index (χ2v) is 8.05. The maximum absolute atomic E-state index is 13.1. The lowest BCUT2D eigenvalue weighted by molar-refractivity contribution is 0.116. The van der Waals surface area contributed by atoms with E-state index in [0.29, 0.717) is 26.2 Å². The number of thiazole rings is 1. The van der Waals surface area contributed by atoms with Crippen LogP contribution in [0, 0.1) is 5.82 Å². The van der Waals surface area contributed by atoms with Crippen LogP contribution in [0.15, 0.2) is 89.7 Å². The van der Waals surface area contributed by atoms with Crippen LogP contribution in [0.3, 0.4) is 0 Å². The third-order valence-electron chi connectivity index (χ3n) is 5.06. The zero-order valence-electron chi connectivity index (χ0n) is 16.1. The molecule has 0 unspecified atom stereocenters. The van der Waals surface area contributed by atoms with Crippen molar-refractivity contribution in [3.05, 3.63) is 128 Å². The van der Waals surface area contributed by atoms with Gasteiger partial charge in [-0.15, -0.1) is 5.10 Å². The van der Waals surface area contributed by atoms with Crippen LogP contribution in [0.4, 0.5) is 4.39 Å². The molecule has 7 heteroatoms. The molecule has 0 saturated heterocycles. The lowest BCUT2D eigenvalue weighted by atomic mass is 9.86. The van der Waals surface area contributed by atoms with Crippen LogP contribution in [0.25, 0.3) is 11.0 Å². The van der Waals surface area contributed by atoms with Crippen LogP contribution in [0.5, 0.6) is 0 Å². The first-order valence-electron chi connectivity index (χ1n) is 9.56. The Morgan fingerprint density at radius 1 is 0.903 bits per heavy atom. The van der Waals surface area contributed by atoms with E-state index in [9.17, 15) is 14.3 Å². The summed E-state index contributed by atoms with van der Waals surface area (Å²) in [5.74, 6) is -0.213. The van der Waals surface area contributed by atoms with E-state index in [1.54, 1.807) is 42.5 Å². The zero-order valence-corrected chi connectivity index (χ0v) is 17.0. The molecular formula is C24H16FN3O2S. The molecule has 0 bridgehead atoms. The van der Waals surface area contributed by atoms with Gasteiger partial charge in [-0.05, 0) is 34.9 Å². The molecule has 2 aromatic heterocycles. The number of hydrogen-bond acceptors (Lipinski definition) is 5. The molecule has 0 aliphatic heterocycles. The molecule has 5 nitrogen and oxygen atoms in total. The normalized spacial score (nSPS) is 12.5. The van der Waals surface area contributed by atoms with Crippen molar-refractivity contribution in [3.8, 4) is 0 Å². The van der Waals surface area contributed by atoms with Crippen molar-refractivity contribution in [2.45, 2.75) is 5.60 Å². The molecule has 5 rings (SSSR count).